The van der Waals surface area contributed by atoms with Gasteiger partial charge in [0.2, 0.25) is 0 Å². The number of nitrogens with zero attached hydrogens (tertiary/aromatic N) is 1. The van der Waals surface area contributed by atoms with Crippen LogP contribution >= 0.6 is 23.4 Å². The minimum absolute atomic E-state index is 0.156. The Morgan fingerprint density at radius 1 is 1.20 bits per heavy atom. The number of aromatic amines is 1. The Kier molecular flexibility index (Phi) is 7.75. The van der Waals surface area contributed by atoms with E-state index in [2.05, 4.69) is 36.1 Å². The highest BCUT2D eigenvalue weighted by Gasteiger charge is 2.10. The molecule has 0 aliphatic heterocycles. The first kappa shape index (κ1) is 19.8. The van der Waals surface area contributed by atoms with Crippen molar-refractivity contribution in [1.82, 2.24) is 15.3 Å². The van der Waals surface area contributed by atoms with Gasteiger partial charge in [0.25, 0.3) is 0 Å². The summed E-state index contributed by atoms with van der Waals surface area (Å²) in [6, 6.07) is 7.58. The van der Waals surface area contributed by atoms with Crippen molar-refractivity contribution >= 4 is 51.1 Å². The number of halogens is 1. The number of aromatic nitrogens is 2. The van der Waals surface area contributed by atoms with Crippen LogP contribution in [0.1, 0.15) is 31.1 Å². The van der Waals surface area contributed by atoms with Crippen molar-refractivity contribution in [2.45, 2.75) is 20.8 Å². The quantitative estimate of drug-likeness (QED) is 0.598. The standard InChI is InChI=1S/C15H13ClN2OS.C4H11N/c1-2-20-8-14(19)9-3-4-13-11(5-9)12-6-10(16)7-17-15(12)18-13;1-3-5-4-2/h3-7H,2,8H2,1H3,(H,17,18);5H,3-4H2,1-2H3. The van der Waals surface area contributed by atoms with Crippen LogP contribution in [0, 0.1) is 0 Å². The van der Waals surface area contributed by atoms with Gasteiger partial charge in [-0.25, -0.2) is 4.98 Å². The Balaban J connectivity index is 0.000000399. The molecule has 0 saturated carbocycles. The first-order valence-corrected chi connectivity index (χ1v) is 10.0. The van der Waals surface area contributed by atoms with Crippen molar-refractivity contribution in [3.8, 4) is 0 Å². The van der Waals surface area contributed by atoms with Gasteiger partial charge in [0, 0.05) is 28.0 Å². The molecular formula is C19H24ClN3OS. The van der Waals surface area contributed by atoms with Crippen LogP contribution in [-0.2, 0) is 0 Å². The summed E-state index contributed by atoms with van der Waals surface area (Å²) in [6.07, 6.45) is 1.61. The molecule has 3 rings (SSSR count). The van der Waals surface area contributed by atoms with E-state index in [1.165, 1.54) is 0 Å². The smallest absolute Gasteiger partial charge is 0.172 e. The van der Waals surface area contributed by atoms with E-state index in [4.69, 9.17) is 11.6 Å². The number of carbonyl (C=O) groups is 1. The number of rotatable bonds is 6. The fourth-order valence-electron chi connectivity index (χ4n) is 2.45. The number of Topliss-reactive ketones (excluding diaryl/α,β-unsaturated/α-hetero) is 1. The second-order valence-electron chi connectivity index (χ2n) is 5.45. The summed E-state index contributed by atoms with van der Waals surface area (Å²) in [5, 5.41) is 5.64. The Hall–Kier alpha value is -1.56. The van der Waals surface area contributed by atoms with Crippen LogP contribution in [0.15, 0.2) is 30.5 Å². The van der Waals surface area contributed by atoms with Crippen molar-refractivity contribution in [3.63, 3.8) is 0 Å². The third-order valence-corrected chi connectivity index (χ3v) is 4.76. The molecule has 0 bridgehead atoms. The lowest BCUT2D eigenvalue weighted by atomic mass is 10.1. The zero-order valence-corrected chi connectivity index (χ0v) is 16.4. The van der Waals surface area contributed by atoms with Crippen LogP contribution in [0.3, 0.4) is 0 Å². The summed E-state index contributed by atoms with van der Waals surface area (Å²) in [6.45, 7) is 8.44. The van der Waals surface area contributed by atoms with E-state index in [9.17, 15) is 4.79 Å². The zero-order valence-electron chi connectivity index (χ0n) is 14.9. The lowest BCUT2D eigenvalue weighted by Crippen LogP contribution is -2.09. The normalized spacial score (nSPS) is 10.7. The minimum Gasteiger partial charge on any atom is -0.339 e. The lowest BCUT2D eigenvalue weighted by Gasteiger charge is -2.00. The van der Waals surface area contributed by atoms with Crippen LogP contribution in [0.4, 0.5) is 0 Å². The third kappa shape index (κ3) is 5.21. The van der Waals surface area contributed by atoms with Gasteiger partial charge < -0.3 is 10.3 Å². The van der Waals surface area contributed by atoms with E-state index >= 15 is 0 Å². The van der Waals surface area contributed by atoms with Crippen molar-refractivity contribution in [3.05, 3.63) is 41.0 Å². The average molecular weight is 378 g/mol. The van der Waals surface area contributed by atoms with Gasteiger partial charge in [0.1, 0.15) is 5.65 Å². The molecule has 0 amide bonds. The molecule has 4 nitrogen and oxygen atoms in total. The monoisotopic (exact) mass is 377 g/mol. The Morgan fingerprint density at radius 3 is 2.60 bits per heavy atom. The summed E-state index contributed by atoms with van der Waals surface area (Å²) in [7, 11) is 0. The number of nitrogens with one attached hydrogen (secondary N) is 2. The molecule has 0 atom stereocenters. The maximum Gasteiger partial charge on any atom is 0.172 e. The van der Waals surface area contributed by atoms with Gasteiger partial charge >= 0.3 is 0 Å². The molecule has 0 unspecified atom stereocenters. The first-order valence-electron chi connectivity index (χ1n) is 8.49. The molecule has 0 saturated heterocycles. The summed E-state index contributed by atoms with van der Waals surface area (Å²) in [5.74, 6) is 1.62. The Bertz CT molecular complexity index is 845. The van der Waals surface area contributed by atoms with Gasteiger partial charge in [-0.05, 0) is 43.1 Å². The molecule has 3 aromatic rings. The van der Waals surface area contributed by atoms with Crippen LogP contribution in [-0.4, -0.2) is 40.3 Å². The predicted molar refractivity (Wildman–Crippen MR) is 110 cm³/mol. The molecule has 0 fully saturated rings. The largest absolute Gasteiger partial charge is 0.339 e. The summed E-state index contributed by atoms with van der Waals surface area (Å²) in [5.41, 5.74) is 2.49. The lowest BCUT2D eigenvalue weighted by molar-refractivity contribution is 0.102. The van der Waals surface area contributed by atoms with Crippen molar-refractivity contribution in [2.75, 3.05) is 24.6 Å². The molecule has 134 valence electrons. The number of hydrogen-bond acceptors (Lipinski definition) is 4. The number of fused-ring (bicyclic) bond motifs is 3. The Labute approximate surface area is 157 Å². The van der Waals surface area contributed by atoms with Crippen LogP contribution in [0.25, 0.3) is 21.9 Å². The van der Waals surface area contributed by atoms with Gasteiger partial charge in [0.15, 0.2) is 5.78 Å². The van der Waals surface area contributed by atoms with Crippen molar-refractivity contribution in [1.29, 1.82) is 0 Å². The highest BCUT2D eigenvalue weighted by Crippen LogP contribution is 2.27. The predicted octanol–water partition coefficient (Wildman–Crippen LogP) is 4.92. The molecule has 0 aliphatic rings. The molecular weight excluding hydrogens is 354 g/mol. The van der Waals surface area contributed by atoms with E-state index in [1.54, 1.807) is 18.0 Å². The van der Waals surface area contributed by atoms with Crippen molar-refractivity contribution in [2.24, 2.45) is 0 Å². The average Bonchev–Trinajstić information content (AvgIpc) is 2.98. The second-order valence-corrected chi connectivity index (χ2v) is 7.16. The SMILES string of the molecule is CCNCC.CCSCC(=O)c1ccc2[nH]c3ncc(Cl)cc3c2c1. The van der Waals surface area contributed by atoms with Crippen molar-refractivity contribution < 1.29 is 4.79 Å². The highest BCUT2D eigenvalue weighted by molar-refractivity contribution is 7.99. The number of pyridine rings is 1. The van der Waals surface area contributed by atoms with E-state index in [0.717, 1.165) is 46.3 Å². The summed E-state index contributed by atoms with van der Waals surface area (Å²) < 4.78 is 0. The van der Waals surface area contributed by atoms with E-state index in [0.29, 0.717) is 10.8 Å². The number of H-pyrrole nitrogens is 1. The molecule has 0 spiro atoms. The highest BCUT2D eigenvalue weighted by atomic mass is 35.5. The number of carbonyl (C=O) groups excluding carboxylic acids is 1. The molecule has 6 heteroatoms. The number of thioether (sulfide) groups is 1. The van der Waals surface area contributed by atoms with Crippen LogP contribution in [0.2, 0.25) is 5.02 Å². The first-order chi connectivity index (χ1) is 12.1. The van der Waals surface area contributed by atoms with E-state index < -0.39 is 0 Å². The van der Waals surface area contributed by atoms with Gasteiger partial charge in [-0.2, -0.15) is 11.8 Å². The minimum atomic E-state index is 0.156. The topological polar surface area (TPSA) is 57.8 Å². The molecule has 2 heterocycles. The van der Waals surface area contributed by atoms with Gasteiger partial charge in [-0.3, -0.25) is 4.79 Å². The van der Waals surface area contributed by atoms with E-state index in [1.807, 2.05) is 24.3 Å². The van der Waals surface area contributed by atoms with Gasteiger partial charge in [-0.15, -0.1) is 0 Å². The maximum absolute atomic E-state index is 12.1. The number of ketones is 1. The molecule has 0 aliphatic carbocycles. The van der Waals surface area contributed by atoms with E-state index in [-0.39, 0.29) is 5.78 Å². The Morgan fingerprint density at radius 2 is 1.96 bits per heavy atom. The van der Waals surface area contributed by atoms with Crippen LogP contribution < -0.4 is 5.32 Å². The fraction of sp³-hybridized carbons (Fsp3) is 0.368. The second kappa shape index (κ2) is 9.80. The molecule has 25 heavy (non-hydrogen) atoms. The number of hydrogen-bond donors (Lipinski definition) is 2. The maximum atomic E-state index is 12.1. The van der Waals surface area contributed by atoms with Gasteiger partial charge in [-0.1, -0.05) is 32.4 Å². The van der Waals surface area contributed by atoms with Gasteiger partial charge in [0.05, 0.1) is 10.8 Å². The fourth-order valence-corrected chi connectivity index (χ4v) is 3.16. The summed E-state index contributed by atoms with van der Waals surface area (Å²) >= 11 is 7.63. The zero-order chi connectivity index (χ0) is 18.2. The van der Waals surface area contributed by atoms with Crippen LogP contribution in [0.5, 0.6) is 0 Å². The summed E-state index contributed by atoms with van der Waals surface area (Å²) in [4.78, 5) is 19.6. The molecule has 1 aromatic carbocycles. The number of benzene rings is 1. The molecule has 0 radical (unpaired) electrons. The molecule has 2 N–H and O–H groups in total. The molecule has 2 aromatic heterocycles. The third-order valence-electron chi connectivity index (χ3n) is 3.68.